The largest absolute Gasteiger partial charge is 0.481 e. The van der Waals surface area contributed by atoms with Crippen molar-refractivity contribution in [2.75, 3.05) is 13.2 Å². The number of benzene rings is 3. The van der Waals surface area contributed by atoms with E-state index in [-0.39, 0.29) is 31.1 Å². The average molecular weight is 569 g/mol. The van der Waals surface area contributed by atoms with E-state index in [0.717, 1.165) is 47.1 Å². The first-order valence-corrected chi connectivity index (χ1v) is 14.6. The summed E-state index contributed by atoms with van der Waals surface area (Å²) in [4.78, 5) is 38.8. The topological polar surface area (TPSA) is 114 Å². The number of rotatable bonds is 11. The lowest BCUT2D eigenvalue weighted by molar-refractivity contribution is -0.146. The Morgan fingerprint density at radius 2 is 1.55 bits per heavy atom. The molecule has 1 unspecified atom stereocenters. The minimum atomic E-state index is -1.08. The third-order valence-corrected chi connectivity index (χ3v) is 9.54. The lowest BCUT2D eigenvalue weighted by atomic mass is 9.75. The lowest BCUT2D eigenvalue weighted by Crippen LogP contribution is -2.54. The van der Waals surface area contributed by atoms with Crippen LogP contribution in [-0.2, 0) is 25.7 Å². The number of amides is 2. The minimum Gasteiger partial charge on any atom is -0.481 e. The van der Waals surface area contributed by atoms with Gasteiger partial charge in [0.1, 0.15) is 12.6 Å². The van der Waals surface area contributed by atoms with E-state index in [9.17, 15) is 19.5 Å². The van der Waals surface area contributed by atoms with Crippen LogP contribution in [0.1, 0.15) is 55.2 Å². The van der Waals surface area contributed by atoms with Crippen LogP contribution in [0.15, 0.2) is 78.9 Å². The molecule has 6 rings (SSSR count). The normalized spacial score (nSPS) is 20.9. The van der Waals surface area contributed by atoms with Gasteiger partial charge >= 0.3 is 12.1 Å². The van der Waals surface area contributed by atoms with Gasteiger partial charge in [-0.3, -0.25) is 9.59 Å². The van der Waals surface area contributed by atoms with Crippen molar-refractivity contribution >= 4 is 18.0 Å². The van der Waals surface area contributed by atoms with Crippen molar-refractivity contribution in [1.29, 1.82) is 0 Å². The maximum absolute atomic E-state index is 13.5. The highest BCUT2D eigenvalue weighted by atomic mass is 16.5. The smallest absolute Gasteiger partial charge is 0.407 e. The molecule has 8 heteroatoms. The number of alkyl carbamates (subject to hydrolysis) is 1. The Balaban J connectivity index is 1.13. The number of ether oxygens (including phenoxy) is 2. The van der Waals surface area contributed by atoms with Crippen LogP contribution in [-0.4, -0.2) is 48.4 Å². The first-order valence-electron chi connectivity index (χ1n) is 14.6. The van der Waals surface area contributed by atoms with Gasteiger partial charge in [0.25, 0.3) is 0 Å². The molecular formula is C34H36N2O6. The zero-order chi connectivity index (χ0) is 29.3. The molecule has 0 bridgehead atoms. The number of carbonyl (C=O) groups is 3. The fraction of sp³-hybridized carbons (Fsp3) is 0.382. The van der Waals surface area contributed by atoms with Crippen LogP contribution < -0.4 is 10.6 Å². The summed E-state index contributed by atoms with van der Waals surface area (Å²) in [6.45, 7) is 2.10. The van der Waals surface area contributed by atoms with Crippen molar-refractivity contribution in [2.45, 2.75) is 57.3 Å². The van der Waals surface area contributed by atoms with E-state index >= 15 is 0 Å². The average Bonchev–Trinajstić information content (AvgIpc) is 3.61. The molecule has 3 N–H and O–H groups in total. The van der Waals surface area contributed by atoms with Crippen molar-refractivity contribution < 1.29 is 29.0 Å². The van der Waals surface area contributed by atoms with Gasteiger partial charge in [-0.05, 0) is 59.4 Å². The lowest BCUT2D eigenvalue weighted by Gasteiger charge is -2.31. The number of aliphatic carboxylic acids is 1. The standard InChI is InChI=1S/C34H36N2O6/c1-22(41-18-23-10-3-2-4-11-23)29(30(37)35-21-34(31(38)39)20-33(34)16-9-17-33)36-32(40)42-19-28-26-14-7-5-12-24(26)25-13-6-8-15-27(25)28/h2-8,10-15,22,28-29H,9,16-21H2,1H3,(H,35,37)(H,36,40)(H,38,39)/t22-,29+,34?/m0/s1. The fourth-order valence-electron chi connectivity index (χ4n) is 6.83. The van der Waals surface area contributed by atoms with Gasteiger partial charge in [0, 0.05) is 12.5 Å². The molecule has 1 spiro atoms. The number of hydrogen-bond acceptors (Lipinski definition) is 5. The van der Waals surface area contributed by atoms with E-state index < -0.39 is 35.5 Å². The molecule has 8 nitrogen and oxygen atoms in total. The molecule has 2 saturated carbocycles. The number of carboxylic acids is 1. The summed E-state index contributed by atoms with van der Waals surface area (Å²) in [7, 11) is 0. The maximum atomic E-state index is 13.5. The molecule has 3 aliphatic rings. The summed E-state index contributed by atoms with van der Waals surface area (Å²) in [5.41, 5.74) is 4.21. The third kappa shape index (κ3) is 5.04. The van der Waals surface area contributed by atoms with Crippen LogP contribution in [0.2, 0.25) is 0 Å². The molecular weight excluding hydrogens is 532 g/mol. The van der Waals surface area contributed by atoms with Crippen molar-refractivity contribution in [1.82, 2.24) is 10.6 Å². The van der Waals surface area contributed by atoms with Crippen LogP contribution >= 0.6 is 0 Å². The Hall–Kier alpha value is -4.17. The first kappa shape index (κ1) is 28.0. The van der Waals surface area contributed by atoms with Crippen molar-refractivity contribution in [3.63, 3.8) is 0 Å². The Morgan fingerprint density at radius 3 is 2.12 bits per heavy atom. The van der Waals surface area contributed by atoms with Crippen LogP contribution in [0.4, 0.5) is 4.79 Å². The molecule has 3 aromatic rings. The second-order valence-corrected chi connectivity index (χ2v) is 11.9. The van der Waals surface area contributed by atoms with E-state index in [4.69, 9.17) is 9.47 Å². The first-order chi connectivity index (χ1) is 20.3. The predicted molar refractivity (Wildman–Crippen MR) is 157 cm³/mol. The van der Waals surface area contributed by atoms with Gasteiger partial charge in [0.2, 0.25) is 5.91 Å². The van der Waals surface area contributed by atoms with Gasteiger partial charge in [-0.2, -0.15) is 0 Å². The van der Waals surface area contributed by atoms with E-state index in [2.05, 4.69) is 22.8 Å². The molecule has 0 radical (unpaired) electrons. The van der Waals surface area contributed by atoms with Crippen molar-refractivity contribution in [2.24, 2.45) is 10.8 Å². The summed E-state index contributed by atoms with van der Waals surface area (Å²) < 4.78 is 11.7. The zero-order valence-corrected chi connectivity index (χ0v) is 23.7. The van der Waals surface area contributed by atoms with E-state index in [1.54, 1.807) is 6.92 Å². The molecule has 0 heterocycles. The molecule has 0 saturated heterocycles. The molecule has 2 fully saturated rings. The summed E-state index contributed by atoms with van der Waals surface area (Å²) >= 11 is 0. The van der Waals surface area contributed by atoms with Gasteiger partial charge in [-0.15, -0.1) is 0 Å². The summed E-state index contributed by atoms with van der Waals surface area (Å²) in [5, 5.41) is 15.5. The number of carboxylic acid groups (broad SMARTS) is 1. The Labute approximate surface area is 245 Å². The van der Waals surface area contributed by atoms with Gasteiger partial charge in [-0.25, -0.2) is 4.79 Å². The molecule has 0 aliphatic heterocycles. The van der Waals surface area contributed by atoms with Gasteiger partial charge in [-0.1, -0.05) is 85.3 Å². The van der Waals surface area contributed by atoms with Crippen LogP contribution in [0, 0.1) is 10.8 Å². The van der Waals surface area contributed by atoms with Crippen molar-refractivity contribution in [3.05, 3.63) is 95.6 Å². The molecule has 3 aromatic carbocycles. The summed E-state index contributed by atoms with van der Waals surface area (Å²) in [5.74, 6) is -1.49. The quantitative estimate of drug-likeness (QED) is 0.291. The second kappa shape index (κ2) is 11.2. The zero-order valence-electron chi connectivity index (χ0n) is 23.7. The van der Waals surface area contributed by atoms with Crippen LogP contribution in [0.5, 0.6) is 0 Å². The van der Waals surface area contributed by atoms with Gasteiger partial charge < -0.3 is 25.2 Å². The maximum Gasteiger partial charge on any atom is 0.407 e. The molecule has 218 valence electrons. The number of carbonyl (C=O) groups excluding carboxylic acids is 2. The monoisotopic (exact) mass is 568 g/mol. The minimum absolute atomic E-state index is 0.0233. The fourth-order valence-corrected chi connectivity index (χ4v) is 6.83. The summed E-state index contributed by atoms with van der Waals surface area (Å²) in [6.07, 6.45) is 1.88. The number of hydrogen-bond donors (Lipinski definition) is 3. The van der Waals surface area contributed by atoms with Crippen molar-refractivity contribution in [3.8, 4) is 11.1 Å². The number of nitrogens with one attached hydrogen (secondary N) is 2. The van der Waals surface area contributed by atoms with E-state index in [1.807, 2.05) is 66.7 Å². The Bertz CT molecular complexity index is 1440. The molecule has 3 atom stereocenters. The Kier molecular flexibility index (Phi) is 7.49. The third-order valence-electron chi connectivity index (χ3n) is 9.54. The molecule has 2 amide bonds. The Morgan fingerprint density at radius 1 is 0.929 bits per heavy atom. The molecule has 0 aromatic heterocycles. The second-order valence-electron chi connectivity index (χ2n) is 11.9. The SMILES string of the molecule is C[C@H](OCc1ccccc1)[C@@H](NC(=O)OCC1c2ccccc2-c2ccccc21)C(=O)NCC1(C(=O)O)CC12CCC2. The van der Waals surface area contributed by atoms with Crippen LogP contribution in [0.3, 0.4) is 0 Å². The van der Waals surface area contributed by atoms with Gasteiger partial charge in [0.15, 0.2) is 0 Å². The van der Waals surface area contributed by atoms with E-state index in [1.165, 1.54) is 0 Å². The van der Waals surface area contributed by atoms with Crippen LogP contribution in [0.25, 0.3) is 11.1 Å². The highest BCUT2D eigenvalue weighted by molar-refractivity contribution is 5.88. The summed E-state index contributed by atoms with van der Waals surface area (Å²) in [6, 6.07) is 24.6. The van der Waals surface area contributed by atoms with E-state index in [0.29, 0.717) is 6.42 Å². The molecule has 42 heavy (non-hydrogen) atoms. The highest BCUT2D eigenvalue weighted by Gasteiger charge is 2.73. The number of fused-ring (bicyclic) bond motifs is 3. The highest BCUT2D eigenvalue weighted by Crippen LogP contribution is 2.73. The molecule has 3 aliphatic carbocycles. The van der Waals surface area contributed by atoms with Gasteiger partial charge in [0.05, 0.1) is 18.1 Å². The predicted octanol–water partition coefficient (Wildman–Crippen LogP) is 5.26.